The lowest BCUT2D eigenvalue weighted by Gasteiger charge is -2.41. The molecule has 3 heterocycles. The van der Waals surface area contributed by atoms with Gasteiger partial charge in [-0.05, 0) is 52.2 Å². The van der Waals surface area contributed by atoms with E-state index >= 15 is 0 Å². The molecular formula is C15H21ClN4. The smallest absolute Gasteiger partial charge is 0.179 e. The molecule has 2 atom stereocenters. The van der Waals surface area contributed by atoms with Gasteiger partial charge in [-0.2, -0.15) is 0 Å². The topological polar surface area (TPSA) is 34.0 Å². The Morgan fingerprint density at radius 1 is 1.20 bits per heavy atom. The van der Waals surface area contributed by atoms with Crippen LogP contribution in [0, 0.1) is 6.92 Å². The predicted octanol–water partition coefficient (Wildman–Crippen LogP) is 3.38. The summed E-state index contributed by atoms with van der Waals surface area (Å²) in [6, 6.07) is 5.01. The first-order valence-corrected chi connectivity index (χ1v) is 7.85. The number of fused-ring (bicyclic) bond motifs is 1. The van der Waals surface area contributed by atoms with Crippen LogP contribution in [0.3, 0.4) is 0 Å². The number of hydrogen-bond acceptors (Lipinski definition) is 3. The van der Waals surface area contributed by atoms with Gasteiger partial charge < -0.3 is 5.01 Å². The summed E-state index contributed by atoms with van der Waals surface area (Å²) in [6.07, 6.45) is 3.70. The lowest BCUT2D eigenvalue weighted by Crippen LogP contribution is -2.51. The molecule has 0 saturated carbocycles. The number of rotatable bonds is 2. The van der Waals surface area contributed by atoms with Crippen LogP contribution in [0.4, 0.5) is 0 Å². The fraction of sp³-hybridized carbons (Fsp3) is 0.600. The predicted molar refractivity (Wildman–Crippen MR) is 82.8 cm³/mol. The van der Waals surface area contributed by atoms with Crippen molar-refractivity contribution in [1.29, 1.82) is 0 Å². The number of hydrogen-bond donors (Lipinski definition) is 0. The fourth-order valence-corrected chi connectivity index (χ4v) is 3.39. The molecule has 5 heteroatoms. The second-order valence-electron chi connectivity index (χ2n) is 5.78. The molecule has 1 saturated heterocycles. The SMILES string of the molecule is Cc1ccc2nc(CCl)n(N3C(C)CCCC3C)c2n1. The average molecular weight is 293 g/mol. The van der Waals surface area contributed by atoms with Crippen molar-refractivity contribution in [3.8, 4) is 0 Å². The van der Waals surface area contributed by atoms with Gasteiger partial charge in [-0.15, -0.1) is 11.6 Å². The van der Waals surface area contributed by atoms with E-state index in [4.69, 9.17) is 11.6 Å². The number of piperidine rings is 1. The monoisotopic (exact) mass is 292 g/mol. The largest absolute Gasteiger partial charge is 0.304 e. The Balaban J connectivity index is 2.19. The summed E-state index contributed by atoms with van der Waals surface area (Å²) in [4.78, 5) is 9.33. The molecule has 0 spiro atoms. The van der Waals surface area contributed by atoms with Crippen LogP contribution in [0.25, 0.3) is 11.2 Å². The molecule has 108 valence electrons. The maximum atomic E-state index is 6.12. The maximum Gasteiger partial charge on any atom is 0.179 e. The van der Waals surface area contributed by atoms with Crippen LogP contribution < -0.4 is 5.01 Å². The van der Waals surface area contributed by atoms with Crippen LogP contribution in [0.15, 0.2) is 12.1 Å². The highest BCUT2D eigenvalue weighted by molar-refractivity contribution is 6.16. The third-order valence-corrected chi connectivity index (χ3v) is 4.42. The molecule has 1 aliphatic heterocycles. The van der Waals surface area contributed by atoms with Crippen LogP contribution in [-0.4, -0.2) is 26.7 Å². The van der Waals surface area contributed by atoms with Crippen molar-refractivity contribution in [2.24, 2.45) is 0 Å². The Hall–Kier alpha value is -1.29. The zero-order valence-corrected chi connectivity index (χ0v) is 13.1. The molecule has 0 N–H and O–H groups in total. The van der Waals surface area contributed by atoms with E-state index in [2.05, 4.69) is 33.5 Å². The van der Waals surface area contributed by atoms with Crippen LogP contribution in [0.5, 0.6) is 0 Å². The number of alkyl halides is 1. The summed E-state index contributed by atoms with van der Waals surface area (Å²) < 4.78 is 2.16. The Morgan fingerprint density at radius 3 is 2.55 bits per heavy atom. The van der Waals surface area contributed by atoms with Crippen molar-refractivity contribution in [2.45, 2.75) is 58.0 Å². The number of halogens is 1. The Morgan fingerprint density at radius 2 is 1.90 bits per heavy atom. The molecule has 20 heavy (non-hydrogen) atoms. The first-order chi connectivity index (χ1) is 9.61. The first kappa shape index (κ1) is 13.7. The summed E-state index contributed by atoms with van der Waals surface area (Å²) in [5, 5.41) is 2.41. The normalized spacial score (nSPS) is 23.5. The minimum atomic E-state index is 0.408. The van der Waals surface area contributed by atoms with E-state index in [0.29, 0.717) is 18.0 Å². The quantitative estimate of drug-likeness (QED) is 0.796. The van der Waals surface area contributed by atoms with Gasteiger partial charge in [-0.3, -0.25) is 0 Å². The molecule has 0 aliphatic carbocycles. The second-order valence-corrected chi connectivity index (χ2v) is 6.05. The zero-order chi connectivity index (χ0) is 14.3. The van der Waals surface area contributed by atoms with Gasteiger partial charge in [0.05, 0.1) is 5.88 Å². The standard InChI is InChI=1S/C15H21ClN4/c1-10-7-8-13-15(17-10)20(14(9-16)18-13)19-11(2)5-4-6-12(19)3/h7-8,11-12H,4-6,9H2,1-3H3. The minimum absolute atomic E-state index is 0.408. The average Bonchev–Trinajstić information content (AvgIpc) is 2.77. The van der Waals surface area contributed by atoms with E-state index < -0.39 is 0 Å². The van der Waals surface area contributed by atoms with Gasteiger partial charge in [0.15, 0.2) is 5.65 Å². The van der Waals surface area contributed by atoms with Gasteiger partial charge in [0.2, 0.25) is 0 Å². The molecule has 1 fully saturated rings. The molecule has 2 aromatic heterocycles. The summed E-state index contributed by atoms with van der Waals surface area (Å²) in [6.45, 7) is 6.56. The van der Waals surface area contributed by atoms with Crippen molar-refractivity contribution in [3.05, 3.63) is 23.7 Å². The molecular weight excluding hydrogens is 272 g/mol. The summed E-state index contributed by atoms with van der Waals surface area (Å²) in [5.74, 6) is 1.30. The van der Waals surface area contributed by atoms with Crippen molar-refractivity contribution in [1.82, 2.24) is 14.6 Å². The van der Waals surface area contributed by atoms with E-state index in [1.54, 1.807) is 0 Å². The van der Waals surface area contributed by atoms with Crippen molar-refractivity contribution >= 4 is 22.8 Å². The zero-order valence-electron chi connectivity index (χ0n) is 12.3. The van der Waals surface area contributed by atoms with E-state index in [1.165, 1.54) is 19.3 Å². The highest BCUT2D eigenvalue weighted by atomic mass is 35.5. The number of aryl methyl sites for hydroxylation is 1. The molecule has 1 aliphatic rings. The van der Waals surface area contributed by atoms with Gasteiger partial charge in [0.25, 0.3) is 0 Å². The van der Waals surface area contributed by atoms with Gasteiger partial charge in [0, 0.05) is 17.8 Å². The van der Waals surface area contributed by atoms with Crippen molar-refractivity contribution in [3.63, 3.8) is 0 Å². The van der Waals surface area contributed by atoms with Crippen molar-refractivity contribution < 1.29 is 0 Å². The van der Waals surface area contributed by atoms with E-state index in [1.807, 2.05) is 19.1 Å². The number of nitrogens with zero attached hydrogens (tertiary/aromatic N) is 4. The maximum absolute atomic E-state index is 6.12. The molecule has 2 unspecified atom stereocenters. The van der Waals surface area contributed by atoms with Crippen LogP contribution in [-0.2, 0) is 5.88 Å². The van der Waals surface area contributed by atoms with E-state index in [-0.39, 0.29) is 0 Å². The Labute approximate surface area is 124 Å². The molecule has 4 nitrogen and oxygen atoms in total. The highest BCUT2D eigenvalue weighted by Gasteiger charge is 2.28. The fourth-order valence-electron chi connectivity index (χ4n) is 3.22. The Kier molecular flexibility index (Phi) is 3.59. The van der Waals surface area contributed by atoms with Crippen molar-refractivity contribution in [2.75, 3.05) is 5.01 Å². The summed E-state index contributed by atoms with van der Waals surface area (Å²) in [5.41, 5.74) is 2.87. The Bertz CT molecular complexity index is 612. The van der Waals surface area contributed by atoms with E-state index in [0.717, 1.165) is 22.7 Å². The van der Waals surface area contributed by atoms with Gasteiger partial charge >= 0.3 is 0 Å². The molecule has 2 aromatic rings. The van der Waals surface area contributed by atoms with Crippen LogP contribution in [0.2, 0.25) is 0 Å². The molecule has 0 aromatic carbocycles. The summed E-state index contributed by atoms with van der Waals surface area (Å²) >= 11 is 6.12. The highest BCUT2D eigenvalue weighted by Crippen LogP contribution is 2.26. The summed E-state index contributed by atoms with van der Waals surface area (Å²) in [7, 11) is 0. The minimum Gasteiger partial charge on any atom is -0.304 e. The lowest BCUT2D eigenvalue weighted by atomic mass is 10.00. The van der Waals surface area contributed by atoms with Gasteiger partial charge in [-0.25, -0.2) is 14.6 Å². The number of aromatic nitrogens is 3. The molecule has 3 rings (SSSR count). The third kappa shape index (κ3) is 2.16. The van der Waals surface area contributed by atoms with Crippen LogP contribution >= 0.6 is 11.6 Å². The molecule has 0 radical (unpaired) electrons. The second kappa shape index (κ2) is 5.24. The lowest BCUT2D eigenvalue weighted by molar-refractivity contribution is 0.336. The van der Waals surface area contributed by atoms with Crippen LogP contribution in [0.1, 0.15) is 44.6 Å². The van der Waals surface area contributed by atoms with Gasteiger partial charge in [-0.1, -0.05) is 0 Å². The third-order valence-electron chi connectivity index (χ3n) is 4.19. The number of imidazole rings is 1. The number of pyridine rings is 1. The first-order valence-electron chi connectivity index (χ1n) is 7.31. The van der Waals surface area contributed by atoms with E-state index in [9.17, 15) is 0 Å². The molecule has 0 bridgehead atoms. The molecule has 0 amide bonds. The van der Waals surface area contributed by atoms with Gasteiger partial charge in [0.1, 0.15) is 11.3 Å².